The molecule has 2 N–H and O–H groups in total. The predicted molar refractivity (Wildman–Crippen MR) is 88.3 cm³/mol. The molecule has 2 fully saturated rings. The van der Waals surface area contributed by atoms with Crippen LogP contribution in [0.3, 0.4) is 0 Å². The molecule has 2 aliphatic rings. The normalized spacial score (nSPS) is 21.6. The minimum Gasteiger partial charge on any atom is -0.385 e. The number of carbonyl (C=O) groups excluding carboxylic acids is 2. The first-order valence-corrected chi connectivity index (χ1v) is 8.60. The van der Waals surface area contributed by atoms with Crippen LogP contribution in [0.25, 0.3) is 0 Å². The first-order chi connectivity index (χ1) is 11.0. The molecule has 1 aliphatic heterocycles. The van der Waals surface area contributed by atoms with E-state index in [9.17, 15) is 9.59 Å². The van der Waals surface area contributed by atoms with Crippen molar-refractivity contribution in [1.29, 1.82) is 0 Å². The molecule has 3 amide bonds. The Labute approximate surface area is 138 Å². The quantitative estimate of drug-likeness (QED) is 0.710. The number of methoxy groups -OCH3 is 1. The third-order valence-corrected chi connectivity index (χ3v) is 4.58. The van der Waals surface area contributed by atoms with E-state index in [1.54, 1.807) is 7.11 Å². The average Bonchev–Trinajstić information content (AvgIpc) is 3.36. The highest BCUT2D eigenvalue weighted by Gasteiger charge is 2.30. The number of hydrogen-bond acceptors (Lipinski definition) is 4. The molecule has 132 valence electrons. The number of carbonyl (C=O) groups is 2. The lowest BCUT2D eigenvalue weighted by Crippen LogP contribution is -2.57. The summed E-state index contributed by atoms with van der Waals surface area (Å²) in [6, 6.07) is 0.346. The molecule has 2 atom stereocenters. The van der Waals surface area contributed by atoms with E-state index >= 15 is 0 Å². The summed E-state index contributed by atoms with van der Waals surface area (Å²) in [5, 5.41) is 6.04. The molecule has 1 aliphatic carbocycles. The van der Waals surface area contributed by atoms with Crippen LogP contribution in [0.1, 0.15) is 33.1 Å². The number of rotatable bonds is 7. The van der Waals surface area contributed by atoms with Gasteiger partial charge in [0.25, 0.3) is 0 Å². The highest BCUT2D eigenvalue weighted by Crippen LogP contribution is 2.19. The third kappa shape index (κ3) is 5.66. The summed E-state index contributed by atoms with van der Waals surface area (Å²) in [7, 11) is 1.66. The van der Waals surface area contributed by atoms with Gasteiger partial charge in [0, 0.05) is 52.0 Å². The fraction of sp³-hybridized carbons (Fsp3) is 0.875. The van der Waals surface area contributed by atoms with Crippen molar-refractivity contribution in [3.8, 4) is 0 Å². The van der Waals surface area contributed by atoms with Gasteiger partial charge in [-0.2, -0.15) is 0 Å². The van der Waals surface area contributed by atoms with E-state index in [0.717, 1.165) is 32.4 Å². The standard InChI is InChI=1S/C16H30N4O3/c1-12(6-11-23-3)17-16(22)20-9-7-19(8-10-20)13(2)15(21)18-14-4-5-14/h12-14H,4-11H2,1-3H3,(H,17,22)(H,18,21)/t12-,13+/m1/s1. The average molecular weight is 326 g/mol. The van der Waals surface area contributed by atoms with Crippen molar-refractivity contribution >= 4 is 11.9 Å². The Morgan fingerprint density at radius 3 is 2.39 bits per heavy atom. The lowest BCUT2D eigenvalue weighted by molar-refractivity contribution is -0.126. The van der Waals surface area contributed by atoms with Crippen LogP contribution in [0.2, 0.25) is 0 Å². The maximum atomic E-state index is 12.2. The molecule has 0 radical (unpaired) electrons. The number of piperazine rings is 1. The van der Waals surface area contributed by atoms with Crippen LogP contribution in [-0.4, -0.2) is 79.8 Å². The van der Waals surface area contributed by atoms with Crippen LogP contribution in [0.15, 0.2) is 0 Å². The number of ether oxygens (including phenoxy) is 1. The molecule has 7 heteroatoms. The van der Waals surface area contributed by atoms with Gasteiger partial charge in [-0.3, -0.25) is 9.69 Å². The molecule has 1 saturated carbocycles. The van der Waals surface area contributed by atoms with Gasteiger partial charge in [-0.05, 0) is 33.1 Å². The van der Waals surface area contributed by atoms with E-state index < -0.39 is 0 Å². The largest absolute Gasteiger partial charge is 0.385 e. The summed E-state index contributed by atoms with van der Waals surface area (Å²) in [6.45, 7) is 7.35. The predicted octanol–water partition coefficient (Wildman–Crippen LogP) is 0.406. The van der Waals surface area contributed by atoms with Crippen molar-refractivity contribution in [1.82, 2.24) is 20.4 Å². The van der Waals surface area contributed by atoms with Gasteiger partial charge in [-0.15, -0.1) is 0 Å². The molecular weight excluding hydrogens is 296 g/mol. The van der Waals surface area contributed by atoms with E-state index in [2.05, 4.69) is 15.5 Å². The highest BCUT2D eigenvalue weighted by molar-refractivity contribution is 5.82. The van der Waals surface area contributed by atoms with Gasteiger partial charge < -0.3 is 20.3 Å². The van der Waals surface area contributed by atoms with Crippen molar-refractivity contribution in [3.05, 3.63) is 0 Å². The van der Waals surface area contributed by atoms with Gasteiger partial charge in [-0.1, -0.05) is 0 Å². The van der Waals surface area contributed by atoms with Gasteiger partial charge in [0.2, 0.25) is 5.91 Å². The Morgan fingerprint density at radius 1 is 1.17 bits per heavy atom. The van der Waals surface area contributed by atoms with Crippen LogP contribution in [0.5, 0.6) is 0 Å². The van der Waals surface area contributed by atoms with Gasteiger partial charge in [0.05, 0.1) is 6.04 Å². The molecule has 1 heterocycles. The minimum atomic E-state index is -0.124. The molecule has 0 bridgehead atoms. The molecule has 0 aromatic rings. The zero-order valence-corrected chi connectivity index (χ0v) is 14.5. The summed E-state index contributed by atoms with van der Waals surface area (Å²) in [6.07, 6.45) is 3.02. The topological polar surface area (TPSA) is 73.9 Å². The lowest BCUT2D eigenvalue weighted by atomic mass is 10.2. The van der Waals surface area contributed by atoms with Crippen molar-refractivity contribution in [2.75, 3.05) is 39.9 Å². The number of amides is 3. The number of hydrogen-bond donors (Lipinski definition) is 2. The van der Waals surface area contributed by atoms with Crippen LogP contribution in [0, 0.1) is 0 Å². The van der Waals surface area contributed by atoms with E-state index in [4.69, 9.17) is 4.74 Å². The fourth-order valence-electron chi connectivity index (χ4n) is 2.70. The maximum Gasteiger partial charge on any atom is 0.317 e. The number of nitrogens with zero attached hydrogens (tertiary/aromatic N) is 2. The molecule has 2 rings (SSSR count). The van der Waals surface area contributed by atoms with E-state index in [1.807, 2.05) is 18.7 Å². The second-order valence-electron chi connectivity index (χ2n) is 6.61. The van der Waals surface area contributed by atoms with Crippen LogP contribution < -0.4 is 10.6 Å². The zero-order valence-electron chi connectivity index (χ0n) is 14.5. The smallest absolute Gasteiger partial charge is 0.317 e. The Balaban J connectivity index is 1.69. The summed E-state index contributed by atoms with van der Waals surface area (Å²) >= 11 is 0. The first kappa shape index (κ1) is 18.0. The summed E-state index contributed by atoms with van der Waals surface area (Å²) in [5.74, 6) is 0.110. The van der Waals surface area contributed by atoms with Crippen molar-refractivity contribution in [2.45, 2.75) is 51.2 Å². The molecular formula is C16H30N4O3. The lowest BCUT2D eigenvalue weighted by Gasteiger charge is -2.37. The molecule has 0 spiro atoms. The van der Waals surface area contributed by atoms with Crippen LogP contribution in [0.4, 0.5) is 4.79 Å². The monoisotopic (exact) mass is 326 g/mol. The van der Waals surface area contributed by atoms with E-state index in [0.29, 0.717) is 25.7 Å². The van der Waals surface area contributed by atoms with Crippen LogP contribution in [-0.2, 0) is 9.53 Å². The van der Waals surface area contributed by atoms with Gasteiger partial charge >= 0.3 is 6.03 Å². The first-order valence-electron chi connectivity index (χ1n) is 8.60. The summed E-state index contributed by atoms with van der Waals surface area (Å²) in [4.78, 5) is 28.3. The molecule has 23 heavy (non-hydrogen) atoms. The van der Waals surface area contributed by atoms with Gasteiger partial charge in [0.15, 0.2) is 0 Å². The third-order valence-electron chi connectivity index (χ3n) is 4.58. The highest BCUT2D eigenvalue weighted by atomic mass is 16.5. The second-order valence-corrected chi connectivity index (χ2v) is 6.61. The Morgan fingerprint density at radius 2 is 1.83 bits per heavy atom. The molecule has 0 unspecified atom stereocenters. The zero-order chi connectivity index (χ0) is 16.8. The number of nitrogens with one attached hydrogen (secondary N) is 2. The number of urea groups is 1. The van der Waals surface area contributed by atoms with E-state index in [-0.39, 0.29) is 24.0 Å². The molecule has 0 aromatic heterocycles. The maximum absolute atomic E-state index is 12.2. The van der Waals surface area contributed by atoms with Crippen LogP contribution >= 0.6 is 0 Å². The van der Waals surface area contributed by atoms with E-state index in [1.165, 1.54) is 0 Å². The van der Waals surface area contributed by atoms with Gasteiger partial charge in [-0.25, -0.2) is 4.79 Å². The minimum absolute atomic E-state index is 0.0247. The molecule has 0 aromatic carbocycles. The fourth-order valence-corrected chi connectivity index (χ4v) is 2.70. The van der Waals surface area contributed by atoms with Crippen molar-refractivity contribution in [2.24, 2.45) is 0 Å². The molecule has 1 saturated heterocycles. The second kappa shape index (κ2) is 8.49. The Bertz CT molecular complexity index is 406. The molecule has 7 nitrogen and oxygen atoms in total. The Kier molecular flexibility index (Phi) is 6.65. The summed E-state index contributed by atoms with van der Waals surface area (Å²) < 4.78 is 5.02. The van der Waals surface area contributed by atoms with Crippen molar-refractivity contribution in [3.63, 3.8) is 0 Å². The summed E-state index contributed by atoms with van der Waals surface area (Å²) in [5.41, 5.74) is 0. The Hall–Kier alpha value is -1.34. The van der Waals surface area contributed by atoms with Crippen molar-refractivity contribution < 1.29 is 14.3 Å². The SMILES string of the molecule is COCC[C@@H](C)NC(=O)N1CCN([C@@H](C)C(=O)NC2CC2)CC1. The van der Waals surface area contributed by atoms with Gasteiger partial charge in [0.1, 0.15) is 0 Å².